The first-order valence-electron chi connectivity index (χ1n) is 4.82. The third kappa shape index (κ3) is 3.94. The van der Waals surface area contributed by atoms with Crippen LogP contribution in [-0.2, 0) is 9.53 Å². The molecule has 1 amide bonds. The zero-order chi connectivity index (χ0) is 12.7. The predicted octanol–water partition coefficient (Wildman–Crippen LogP) is 1.30. The summed E-state index contributed by atoms with van der Waals surface area (Å²) in [5.41, 5.74) is 0.365. The van der Waals surface area contributed by atoms with Crippen LogP contribution in [0.15, 0.2) is 37.2 Å². The molecule has 0 unspecified atom stereocenters. The molecule has 0 bridgehead atoms. The highest BCUT2D eigenvalue weighted by Crippen LogP contribution is 2.12. The van der Waals surface area contributed by atoms with Gasteiger partial charge >= 0.3 is 12.1 Å². The predicted molar refractivity (Wildman–Crippen MR) is 60.8 cm³/mol. The molecule has 6 nitrogen and oxygen atoms in total. The lowest BCUT2D eigenvalue weighted by Crippen LogP contribution is -2.36. The Morgan fingerprint density at radius 1 is 1.59 bits per heavy atom. The van der Waals surface area contributed by atoms with Crippen LogP contribution >= 0.6 is 0 Å². The number of hydrogen-bond donors (Lipinski definition) is 1. The van der Waals surface area contributed by atoms with Crippen molar-refractivity contribution in [3.63, 3.8) is 0 Å². The summed E-state index contributed by atoms with van der Waals surface area (Å²) >= 11 is 0. The van der Waals surface area contributed by atoms with E-state index >= 15 is 0 Å². The molecule has 0 aliphatic heterocycles. The van der Waals surface area contributed by atoms with Gasteiger partial charge < -0.3 is 9.84 Å². The summed E-state index contributed by atoms with van der Waals surface area (Å²) in [6, 6.07) is 3.18. The van der Waals surface area contributed by atoms with Crippen LogP contribution in [0.5, 0.6) is 0 Å². The number of aromatic nitrogens is 1. The Morgan fingerprint density at radius 2 is 2.35 bits per heavy atom. The van der Waals surface area contributed by atoms with Crippen molar-refractivity contribution in [2.75, 3.05) is 18.1 Å². The molecule has 1 rings (SSSR count). The van der Waals surface area contributed by atoms with Gasteiger partial charge in [0.15, 0.2) is 0 Å². The minimum absolute atomic E-state index is 0.0230. The molecule has 0 saturated carbocycles. The number of aliphatic carboxylic acids is 1. The molecule has 1 heterocycles. The summed E-state index contributed by atoms with van der Waals surface area (Å²) < 4.78 is 4.79. The maximum atomic E-state index is 11.6. The Labute approximate surface area is 98.1 Å². The number of carboxylic acids is 1. The van der Waals surface area contributed by atoms with E-state index in [1.165, 1.54) is 18.5 Å². The Bertz CT molecular complexity index is 405. The lowest BCUT2D eigenvalue weighted by molar-refractivity contribution is -0.135. The molecular weight excluding hydrogens is 224 g/mol. The minimum Gasteiger partial charge on any atom is -0.480 e. The Kier molecular flexibility index (Phi) is 4.68. The van der Waals surface area contributed by atoms with Crippen LogP contribution in [0.2, 0.25) is 0 Å². The molecule has 6 heteroatoms. The Morgan fingerprint density at radius 3 is 2.88 bits per heavy atom. The number of carbonyl (C=O) groups is 2. The molecule has 1 aromatic heterocycles. The monoisotopic (exact) mass is 236 g/mol. The van der Waals surface area contributed by atoms with E-state index < -0.39 is 18.6 Å². The number of rotatable bonds is 5. The van der Waals surface area contributed by atoms with Crippen LogP contribution < -0.4 is 4.90 Å². The van der Waals surface area contributed by atoms with Gasteiger partial charge in [-0.25, -0.2) is 4.79 Å². The van der Waals surface area contributed by atoms with Crippen molar-refractivity contribution in [2.24, 2.45) is 0 Å². The van der Waals surface area contributed by atoms with Gasteiger partial charge in [0.2, 0.25) is 0 Å². The van der Waals surface area contributed by atoms with Crippen molar-refractivity contribution in [3.05, 3.63) is 37.2 Å². The number of amides is 1. The summed E-state index contributed by atoms with van der Waals surface area (Å²) in [7, 11) is 0. The summed E-state index contributed by atoms with van der Waals surface area (Å²) in [4.78, 5) is 27.1. The van der Waals surface area contributed by atoms with E-state index in [1.54, 1.807) is 12.1 Å². The number of ether oxygens (including phenoxy) is 1. The number of nitrogens with zero attached hydrogens (tertiary/aromatic N) is 2. The Balaban J connectivity index is 2.84. The summed E-state index contributed by atoms with van der Waals surface area (Å²) in [5.74, 6) is -1.13. The van der Waals surface area contributed by atoms with E-state index in [1.807, 2.05) is 0 Å². The second-order valence-electron chi connectivity index (χ2n) is 3.06. The smallest absolute Gasteiger partial charge is 0.415 e. The van der Waals surface area contributed by atoms with Crippen molar-refractivity contribution >= 4 is 17.7 Å². The summed E-state index contributed by atoms with van der Waals surface area (Å²) in [6.45, 7) is 2.94. The number of carbonyl (C=O) groups excluding carboxylic acids is 1. The minimum atomic E-state index is -1.13. The lowest BCUT2D eigenvalue weighted by atomic mass is 10.4. The van der Waals surface area contributed by atoms with Crippen LogP contribution in [0, 0.1) is 0 Å². The molecule has 0 radical (unpaired) electrons. The van der Waals surface area contributed by atoms with Gasteiger partial charge in [-0.2, -0.15) is 0 Å². The van der Waals surface area contributed by atoms with E-state index in [-0.39, 0.29) is 6.61 Å². The zero-order valence-electron chi connectivity index (χ0n) is 9.07. The van der Waals surface area contributed by atoms with E-state index in [4.69, 9.17) is 9.84 Å². The first kappa shape index (κ1) is 12.7. The zero-order valence-corrected chi connectivity index (χ0v) is 9.07. The lowest BCUT2D eigenvalue weighted by Gasteiger charge is -2.19. The highest BCUT2D eigenvalue weighted by Gasteiger charge is 2.19. The topological polar surface area (TPSA) is 79.7 Å². The van der Waals surface area contributed by atoms with Crippen LogP contribution in [-0.4, -0.2) is 35.3 Å². The fraction of sp³-hybridized carbons (Fsp3) is 0.182. The fourth-order valence-corrected chi connectivity index (χ4v) is 1.12. The summed E-state index contributed by atoms with van der Waals surface area (Å²) in [5, 5.41) is 8.73. The maximum Gasteiger partial charge on any atom is 0.415 e. The van der Waals surface area contributed by atoms with Gasteiger partial charge in [-0.15, -0.1) is 0 Å². The van der Waals surface area contributed by atoms with Crippen LogP contribution in [0.1, 0.15) is 0 Å². The third-order valence-corrected chi connectivity index (χ3v) is 1.80. The average molecular weight is 236 g/mol. The molecule has 17 heavy (non-hydrogen) atoms. The number of carboxylic acid groups (broad SMARTS) is 1. The van der Waals surface area contributed by atoms with Crippen molar-refractivity contribution in [1.82, 2.24) is 4.98 Å². The molecule has 1 N–H and O–H groups in total. The Hall–Kier alpha value is -2.37. The molecule has 0 spiro atoms. The van der Waals surface area contributed by atoms with Crippen LogP contribution in [0.4, 0.5) is 10.5 Å². The van der Waals surface area contributed by atoms with Gasteiger partial charge in [0.25, 0.3) is 0 Å². The number of anilines is 1. The molecule has 0 aromatic carbocycles. The van der Waals surface area contributed by atoms with Gasteiger partial charge in [0.05, 0.1) is 11.9 Å². The van der Waals surface area contributed by atoms with Crippen molar-refractivity contribution < 1.29 is 19.4 Å². The van der Waals surface area contributed by atoms with Crippen molar-refractivity contribution in [1.29, 1.82) is 0 Å². The van der Waals surface area contributed by atoms with Gasteiger partial charge in [-0.3, -0.25) is 14.7 Å². The van der Waals surface area contributed by atoms with Gasteiger partial charge in [-0.05, 0) is 12.1 Å². The SMILES string of the molecule is C=CCOC(=O)N(CC(=O)O)c1cccnc1. The maximum absolute atomic E-state index is 11.6. The highest BCUT2D eigenvalue weighted by molar-refractivity contribution is 5.92. The molecule has 0 atom stereocenters. The van der Waals surface area contributed by atoms with Crippen molar-refractivity contribution in [3.8, 4) is 0 Å². The first-order chi connectivity index (χ1) is 8.15. The van der Waals surface area contributed by atoms with E-state index in [0.717, 1.165) is 4.90 Å². The van der Waals surface area contributed by atoms with Gasteiger partial charge in [-0.1, -0.05) is 12.7 Å². The molecular formula is C11H12N2O4. The number of hydrogen-bond acceptors (Lipinski definition) is 4. The number of pyridine rings is 1. The molecule has 0 fully saturated rings. The third-order valence-electron chi connectivity index (χ3n) is 1.80. The molecule has 0 aliphatic carbocycles. The van der Waals surface area contributed by atoms with Crippen LogP contribution in [0.3, 0.4) is 0 Å². The summed E-state index contributed by atoms with van der Waals surface area (Å²) in [6.07, 6.45) is 3.57. The van der Waals surface area contributed by atoms with Crippen molar-refractivity contribution in [2.45, 2.75) is 0 Å². The van der Waals surface area contributed by atoms with Gasteiger partial charge in [0.1, 0.15) is 13.2 Å². The fourth-order valence-electron chi connectivity index (χ4n) is 1.12. The molecule has 90 valence electrons. The standard InChI is InChI=1S/C11H12N2O4/c1-2-6-17-11(16)13(8-10(14)15)9-4-3-5-12-7-9/h2-5,7H,1,6,8H2,(H,14,15). The quantitative estimate of drug-likeness (QED) is 0.779. The second kappa shape index (κ2) is 6.26. The first-order valence-corrected chi connectivity index (χ1v) is 4.82. The molecule has 1 aromatic rings. The molecule has 0 saturated heterocycles. The largest absolute Gasteiger partial charge is 0.480 e. The van der Waals surface area contributed by atoms with Gasteiger partial charge in [0, 0.05) is 6.20 Å². The highest BCUT2D eigenvalue weighted by atomic mass is 16.6. The van der Waals surface area contributed by atoms with E-state index in [2.05, 4.69) is 11.6 Å². The van der Waals surface area contributed by atoms with Crippen LogP contribution in [0.25, 0.3) is 0 Å². The normalized spacial score (nSPS) is 9.41. The second-order valence-corrected chi connectivity index (χ2v) is 3.06. The van der Waals surface area contributed by atoms with E-state index in [9.17, 15) is 9.59 Å². The average Bonchev–Trinajstić information content (AvgIpc) is 2.34. The molecule has 0 aliphatic rings. The van der Waals surface area contributed by atoms with E-state index in [0.29, 0.717) is 5.69 Å².